The third kappa shape index (κ3) is 8.23. The molecular formula is C19H26N2O4. The van der Waals surface area contributed by atoms with Gasteiger partial charge < -0.3 is 15.1 Å². The van der Waals surface area contributed by atoms with E-state index in [0.717, 1.165) is 19.4 Å². The monoisotopic (exact) mass is 346 g/mol. The molecule has 0 radical (unpaired) electrons. The second-order valence-corrected chi connectivity index (χ2v) is 5.90. The molecule has 2 heterocycles. The summed E-state index contributed by atoms with van der Waals surface area (Å²) in [6, 6.07) is 3.86. The molecule has 1 unspecified atom stereocenters. The van der Waals surface area contributed by atoms with E-state index in [1.807, 2.05) is 0 Å². The van der Waals surface area contributed by atoms with Gasteiger partial charge in [-0.15, -0.1) is 0 Å². The first kappa shape index (κ1) is 20.5. The molecule has 0 bridgehead atoms. The lowest BCUT2D eigenvalue weighted by Gasteiger charge is -2.27. The maximum atomic E-state index is 9.55. The van der Waals surface area contributed by atoms with Crippen LogP contribution in [0.25, 0.3) is 0 Å². The van der Waals surface area contributed by atoms with Gasteiger partial charge in [0.05, 0.1) is 6.54 Å². The minimum absolute atomic E-state index is 0.558. The average molecular weight is 346 g/mol. The van der Waals surface area contributed by atoms with Gasteiger partial charge in [-0.1, -0.05) is 18.9 Å². The molecule has 0 aromatic heterocycles. The van der Waals surface area contributed by atoms with Crippen molar-refractivity contribution >= 4 is 11.9 Å². The summed E-state index contributed by atoms with van der Waals surface area (Å²) < 4.78 is 0. The summed E-state index contributed by atoms with van der Waals surface area (Å²) in [6.07, 6.45) is 12.4. The van der Waals surface area contributed by atoms with Crippen LogP contribution in [0.3, 0.4) is 0 Å². The number of hydrogen-bond acceptors (Lipinski definition) is 4. The van der Waals surface area contributed by atoms with Crippen molar-refractivity contribution in [3.63, 3.8) is 0 Å². The summed E-state index contributed by atoms with van der Waals surface area (Å²) in [5, 5.41) is 15.6. The molecule has 1 atom stereocenters. The second kappa shape index (κ2) is 11.1. The standard InChI is InChI=1S/C15H22N2.C4H4O4/c1-3-4-5-11-17-12-6-8-14(13-17)15-9-7-10-16(15)2;5-3(6)1-2-4(7)8/h6,8,12,15H,3-4,7,9-10,13H2,1-2H3;1-2H,(H,5,6)(H,7,8). The molecule has 2 rings (SSSR count). The van der Waals surface area contributed by atoms with Crippen molar-refractivity contribution in [2.45, 2.75) is 38.6 Å². The first-order valence-electron chi connectivity index (χ1n) is 8.40. The normalized spacial score (nSPS) is 19.7. The number of carboxylic acid groups (broad SMARTS) is 2. The lowest BCUT2D eigenvalue weighted by atomic mass is 10.0. The number of hydrogen-bond donors (Lipinski definition) is 2. The van der Waals surface area contributed by atoms with Crippen molar-refractivity contribution in [1.82, 2.24) is 9.80 Å². The maximum absolute atomic E-state index is 9.55. The second-order valence-electron chi connectivity index (χ2n) is 5.90. The van der Waals surface area contributed by atoms with Crippen LogP contribution < -0.4 is 0 Å². The van der Waals surface area contributed by atoms with Gasteiger partial charge in [-0.05, 0) is 44.5 Å². The van der Waals surface area contributed by atoms with Crippen LogP contribution in [0.5, 0.6) is 0 Å². The van der Waals surface area contributed by atoms with Crippen LogP contribution in [0.1, 0.15) is 32.6 Å². The summed E-state index contributed by atoms with van der Waals surface area (Å²) in [7, 11) is 2.23. The van der Waals surface area contributed by atoms with Crippen molar-refractivity contribution in [2.24, 2.45) is 0 Å². The molecule has 0 aromatic carbocycles. The fraction of sp³-hybridized carbons (Fsp3) is 0.474. The molecule has 0 aromatic rings. The first-order valence-corrected chi connectivity index (χ1v) is 8.40. The maximum Gasteiger partial charge on any atom is 0.328 e. The molecule has 0 spiro atoms. The van der Waals surface area contributed by atoms with Gasteiger partial charge in [-0.25, -0.2) is 9.59 Å². The molecular weight excluding hydrogens is 320 g/mol. The van der Waals surface area contributed by atoms with E-state index in [9.17, 15) is 9.59 Å². The summed E-state index contributed by atoms with van der Waals surface area (Å²) in [4.78, 5) is 23.7. The Bertz CT molecular complexity index is 595. The average Bonchev–Trinajstić information content (AvgIpc) is 3.00. The van der Waals surface area contributed by atoms with Gasteiger partial charge in [-0.2, -0.15) is 0 Å². The third-order valence-corrected chi connectivity index (χ3v) is 3.84. The SMILES string of the molecule is CCCC#CN1C=CC=C(C2CCCN2C)C1.O=C(O)C=CC(=O)O. The molecule has 25 heavy (non-hydrogen) atoms. The van der Waals surface area contributed by atoms with Crippen molar-refractivity contribution < 1.29 is 19.8 Å². The Balaban J connectivity index is 0.000000333. The molecule has 1 saturated heterocycles. The Labute approximate surface area is 149 Å². The molecule has 0 aliphatic carbocycles. The zero-order valence-electron chi connectivity index (χ0n) is 14.8. The number of carboxylic acids is 2. The highest BCUT2D eigenvalue weighted by atomic mass is 16.4. The minimum atomic E-state index is -1.26. The van der Waals surface area contributed by atoms with E-state index in [1.165, 1.54) is 25.0 Å². The van der Waals surface area contributed by atoms with Gasteiger partial charge in [-0.3, -0.25) is 4.90 Å². The minimum Gasteiger partial charge on any atom is -0.478 e. The highest BCUT2D eigenvalue weighted by Gasteiger charge is 2.25. The van der Waals surface area contributed by atoms with Crippen LogP contribution in [-0.2, 0) is 9.59 Å². The molecule has 1 fully saturated rings. The topological polar surface area (TPSA) is 81.1 Å². The molecule has 2 aliphatic heterocycles. The number of carbonyl (C=O) groups is 2. The number of aliphatic carboxylic acids is 2. The van der Waals surface area contributed by atoms with Crippen molar-refractivity contribution in [1.29, 1.82) is 0 Å². The molecule has 0 saturated carbocycles. The van der Waals surface area contributed by atoms with E-state index in [4.69, 9.17) is 10.2 Å². The molecule has 0 amide bonds. The smallest absolute Gasteiger partial charge is 0.328 e. The van der Waals surface area contributed by atoms with Gasteiger partial charge in [0.25, 0.3) is 0 Å². The summed E-state index contributed by atoms with van der Waals surface area (Å²) in [5.41, 5.74) is 1.51. The van der Waals surface area contributed by atoms with Crippen molar-refractivity contribution in [3.05, 3.63) is 36.1 Å². The van der Waals surface area contributed by atoms with Gasteiger partial charge >= 0.3 is 11.9 Å². The van der Waals surface area contributed by atoms with Crippen LogP contribution in [0.4, 0.5) is 0 Å². The zero-order chi connectivity index (χ0) is 18.7. The Kier molecular flexibility index (Phi) is 9.12. The number of allylic oxidation sites excluding steroid dienone is 2. The number of rotatable bonds is 4. The number of likely N-dealkylation sites (N-methyl/N-ethyl adjacent to an activating group) is 1. The Hall–Kier alpha value is -2.52. The molecule has 2 aliphatic rings. The quantitative estimate of drug-likeness (QED) is 0.601. The molecule has 2 N–H and O–H groups in total. The number of unbranched alkanes of at least 4 members (excludes halogenated alkanes) is 1. The van der Waals surface area contributed by atoms with Crippen LogP contribution in [-0.4, -0.2) is 58.1 Å². The molecule has 6 heteroatoms. The zero-order valence-corrected chi connectivity index (χ0v) is 14.8. The predicted molar refractivity (Wildman–Crippen MR) is 96.7 cm³/mol. The van der Waals surface area contributed by atoms with E-state index >= 15 is 0 Å². The Morgan fingerprint density at radius 1 is 1.32 bits per heavy atom. The van der Waals surface area contributed by atoms with Crippen LogP contribution >= 0.6 is 0 Å². The van der Waals surface area contributed by atoms with Crippen molar-refractivity contribution in [2.75, 3.05) is 20.1 Å². The fourth-order valence-electron chi connectivity index (χ4n) is 2.67. The summed E-state index contributed by atoms with van der Waals surface area (Å²) >= 11 is 0. The highest BCUT2D eigenvalue weighted by molar-refractivity contribution is 5.89. The van der Waals surface area contributed by atoms with E-state index < -0.39 is 11.9 Å². The van der Waals surface area contributed by atoms with Gasteiger partial charge in [0.15, 0.2) is 0 Å². The van der Waals surface area contributed by atoms with Gasteiger partial charge in [0.2, 0.25) is 0 Å². The lowest BCUT2D eigenvalue weighted by molar-refractivity contribution is -0.134. The Morgan fingerprint density at radius 2 is 2.00 bits per heavy atom. The largest absolute Gasteiger partial charge is 0.478 e. The van der Waals surface area contributed by atoms with E-state index in [0.29, 0.717) is 18.2 Å². The van der Waals surface area contributed by atoms with Crippen LogP contribution in [0, 0.1) is 12.0 Å². The molecule has 6 nitrogen and oxygen atoms in total. The van der Waals surface area contributed by atoms with Gasteiger partial charge in [0.1, 0.15) is 0 Å². The fourth-order valence-corrected chi connectivity index (χ4v) is 2.67. The van der Waals surface area contributed by atoms with E-state index in [1.54, 1.807) is 0 Å². The highest BCUT2D eigenvalue weighted by Crippen LogP contribution is 2.24. The summed E-state index contributed by atoms with van der Waals surface area (Å²) in [5.74, 6) is 0.697. The lowest BCUT2D eigenvalue weighted by Crippen LogP contribution is -2.32. The van der Waals surface area contributed by atoms with Crippen molar-refractivity contribution in [3.8, 4) is 12.0 Å². The van der Waals surface area contributed by atoms with Crippen LogP contribution in [0.15, 0.2) is 36.1 Å². The number of nitrogens with zero attached hydrogens (tertiary/aromatic N) is 2. The Morgan fingerprint density at radius 3 is 2.52 bits per heavy atom. The predicted octanol–water partition coefficient (Wildman–Crippen LogP) is 2.31. The third-order valence-electron chi connectivity index (χ3n) is 3.84. The van der Waals surface area contributed by atoms with E-state index in [2.05, 4.69) is 54.1 Å². The number of likely N-dealkylation sites (tertiary alicyclic amines) is 1. The first-order chi connectivity index (χ1) is 11.9. The van der Waals surface area contributed by atoms with E-state index in [-0.39, 0.29) is 0 Å². The molecule has 136 valence electrons. The van der Waals surface area contributed by atoms with Gasteiger partial charge in [0, 0.05) is 36.9 Å². The summed E-state index contributed by atoms with van der Waals surface area (Å²) in [6.45, 7) is 4.37. The van der Waals surface area contributed by atoms with Crippen LogP contribution in [0.2, 0.25) is 0 Å².